The van der Waals surface area contributed by atoms with Gasteiger partial charge in [0, 0.05) is 11.9 Å². The van der Waals surface area contributed by atoms with E-state index in [9.17, 15) is 14.4 Å². The maximum Gasteiger partial charge on any atom is 0.262 e. The second-order valence-electron chi connectivity index (χ2n) is 5.70. The van der Waals surface area contributed by atoms with Crippen molar-refractivity contribution in [2.24, 2.45) is 0 Å². The number of carbonyl (C=O) groups excluding carboxylic acids is 3. The molecule has 1 aromatic carbocycles. The second kappa shape index (κ2) is 6.49. The van der Waals surface area contributed by atoms with E-state index in [0.29, 0.717) is 17.7 Å². The van der Waals surface area contributed by atoms with Crippen LogP contribution in [0.15, 0.2) is 34.1 Å². The van der Waals surface area contributed by atoms with Crippen molar-refractivity contribution in [3.05, 3.63) is 55.7 Å². The van der Waals surface area contributed by atoms with Gasteiger partial charge in [-0.05, 0) is 47.1 Å². The highest BCUT2D eigenvalue weighted by Crippen LogP contribution is 2.25. The molecule has 0 spiro atoms. The summed E-state index contributed by atoms with van der Waals surface area (Å²) in [4.78, 5) is 40.7. The lowest BCUT2D eigenvalue weighted by atomic mass is 10.1. The number of hydrogen-bond acceptors (Lipinski definition) is 4. The number of thiophene rings is 1. The molecular weight excluding hydrogens is 392 g/mol. The van der Waals surface area contributed by atoms with Gasteiger partial charge in [-0.15, -0.1) is 11.3 Å². The van der Waals surface area contributed by atoms with Crippen molar-refractivity contribution in [2.75, 3.05) is 13.6 Å². The van der Waals surface area contributed by atoms with Gasteiger partial charge in [-0.2, -0.15) is 0 Å². The Labute approximate surface area is 152 Å². The summed E-state index contributed by atoms with van der Waals surface area (Å²) in [6, 6.07) is 8.97. The summed E-state index contributed by atoms with van der Waals surface area (Å²) >= 11 is 4.93. The van der Waals surface area contributed by atoms with E-state index in [0.717, 1.165) is 19.1 Å². The summed E-state index contributed by atoms with van der Waals surface area (Å²) in [5.74, 6) is -1.08. The van der Waals surface area contributed by atoms with E-state index >= 15 is 0 Å². The third-order valence-electron chi connectivity index (χ3n) is 3.87. The zero-order chi connectivity index (χ0) is 17.4. The fourth-order valence-corrected chi connectivity index (χ4v) is 4.10. The molecule has 0 saturated carbocycles. The van der Waals surface area contributed by atoms with E-state index in [1.807, 2.05) is 19.1 Å². The van der Waals surface area contributed by atoms with E-state index in [1.165, 1.54) is 4.90 Å². The third-order valence-corrected chi connectivity index (χ3v) is 5.48. The zero-order valence-electron chi connectivity index (χ0n) is 13.2. The number of nitrogens with zero attached hydrogens (tertiary/aromatic N) is 2. The number of hydrogen-bond donors (Lipinski definition) is 0. The van der Waals surface area contributed by atoms with Crippen molar-refractivity contribution in [2.45, 2.75) is 13.5 Å². The molecule has 0 atom stereocenters. The Kier molecular flexibility index (Phi) is 4.56. The van der Waals surface area contributed by atoms with E-state index in [2.05, 4.69) is 15.9 Å². The number of benzene rings is 1. The highest BCUT2D eigenvalue weighted by Gasteiger charge is 2.37. The summed E-state index contributed by atoms with van der Waals surface area (Å²) in [6.45, 7) is 2.06. The van der Waals surface area contributed by atoms with E-state index < -0.39 is 11.8 Å². The quantitative estimate of drug-likeness (QED) is 0.733. The topological polar surface area (TPSA) is 57.7 Å². The van der Waals surface area contributed by atoms with Gasteiger partial charge in [0.15, 0.2) is 0 Å². The van der Waals surface area contributed by atoms with Crippen LogP contribution in [0.5, 0.6) is 0 Å². The van der Waals surface area contributed by atoms with Crippen LogP contribution in [-0.4, -0.2) is 41.1 Å². The van der Waals surface area contributed by atoms with E-state index in [4.69, 9.17) is 0 Å². The predicted molar refractivity (Wildman–Crippen MR) is 95.0 cm³/mol. The molecule has 124 valence electrons. The van der Waals surface area contributed by atoms with E-state index in [-0.39, 0.29) is 12.5 Å². The molecule has 0 bridgehead atoms. The van der Waals surface area contributed by atoms with Crippen molar-refractivity contribution in [3.63, 3.8) is 0 Å². The molecule has 3 rings (SSSR count). The first-order valence-corrected chi connectivity index (χ1v) is 8.93. The van der Waals surface area contributed by atoms with Crippen LogP contribution in [0, 0.1) is 6.92 Å². The van der Waals surface area contributed by atoms with Gasteiger partial charge in [-0.3, -0.25) is 19.3 Å². The number of carbonyl (C=O) groups is 3. The van der Waals surface area contributed by atoms with Gasteiger partial charge in [0.1, 0.15) is 6.54 Å². The number of amides is 3. The number of likely N-dealkylation sites (N-methyl/N-ethyl adjacent to an activating group) is 1. The number of rotatable bonds is 4. The Balaban J connectivity index is 1.71. The van der Waals surface area contributed by atoms with Crippen LogP contribution in [0.2, 0.25) is 0 Å². The average Bonchev–Trinajstić information content (AvgIpc) is 3.04. The average molecular weight is 407 g/mol. The summed E-state index contributed by atoms with van der Waals surface area (Å²) in [7, 11) is 1.66. The molecule has 3 amide bonds. The van der Waals surface area contributed by atoms with Crippen molar-refractivity contribution in [1.82, 2.24) is 9.80 Å². The van der Waals surface area contributed by atoms with Crippen molar-refractivity contribution >= 4 is 45.0 Å². The monoisotopic (exact) mass is 406 g/mol. The molecule has 24 heavy (non-hydrogen) atoms. The van der Waals surface area contributed by atoms with Crippen molar-refractivity contribution in [1.29, 1.82) is 0 Å². The Hall–Kier alpha value is -1.99. The highest BCUT2D eigenvalue weighted by molar-refractivity contribution is 9.11. The van der Waals surface area contributed by atoms with Crippen LogP contribution >= 0.6 is 27.3 Å². The lowest BCUT2D eigenvalue weighted by molar-refractivity contribution is -0.130. The van der Waals surface area contributed by atoms with E-state index in [1.54, 1.807) is 36.6 Å². The minimum atomic E-state index is -0.407. The van der Waals surface area contributed by atoms with Crippen LogP contribution in [-0.2, 0) is 11.3 Å². The summed E-state index contributed by atoms with van der Waals surface area (Å²) in [5, 5.41) is 0. The Morgan fingerprint density at radius 3 is 2.54 bits per heavy atom. The van der Waals surface area contributed by atoms with Gasteiger partial charge in [0.05, 0.1) is 21.5 Å². The maximum absolute atomic E-state index is 12.4. The molecule has 1 aliphatic heterocycles. The smallest absolute Gasteiger partial charge is 0.262 e. The van der Waals surface area contributed by atoms with Crippen LogP contribution in [0.3, 0.4) is 0 Å². The maximum atomic E-state index is 12.4. The lowest BCUT2D eigenvalue weighted by Gasteiger charge is -2.20. The SMILES string of the molecule is Cc1ccc2c(c1)C(=O)N(CC(=O)N(C)Cc1ccc(Br)s1)C2=O. The van der Waals surface area contributed by atoms with Gasteiger partial charge in [-0.25, -0.2) is 0 Å². The molecule has 5 nitrogen and oxygen atoms in total. The Bertz CT molecular complexity index is 846. The second-order valence-corrected chi connectivity index (χ2v) is 8.25. The first-order chi connectivity index (χ1) is 11.4. The standard InChI is InChI=1S/C17H15BrN2O3S/c1-10-3-5-12-13(7-10)17(23)20(16(12)22)9-15(21)19(2)8-11-4-6-14(18)24-11/h3-7H,8-9H2,1-2H3. The molecule has 1 aliphatic rings. The van der Waals surface area contributed by atoms with Gasteiger partial charge in [0.2, 0.25) is 5.91 Å². The molecule has 1 aromatic heterocycles. The minimum Gasteiger partial charge on any atom is -0.339 e. The minimum absolute atomic E-state index is 0.242. The fourth-order valence-electron chi connectivity index (χ4n) is 2.56. The predicted octanol–water partition coefficient (Wildman–Crippen LogP) is 3.07. The third kappa shape index (κ3) is 3.14. The molecule has 0 saturated heterocycles. The zero-order valence-corrected chi connectivity index (χ0v) is 15.6. The van der Waals surface area contributed by atoms with Crippen molar-refractivity contribution < 1.29 is 14.4 Å². The molecule has 0 unspecified atom stereocenters. The lowest BCUT2D eigenvalue weighted by Crippen LogP contribution is -2.40. The molecule has 0 fully saturated rings. The van der Waals surface area contributed by atoms with Crippen molar-refractivity contribution in [3.8, 4) is 0 Å². The largest absolute Gasteiger partial charge is 0.339 e. The summed E-state index contributed by atoms with van der Waals surface area (Å²) in [6.07, 6.45) is 0. The first-order valence-electron chi connectivity index (χ1n) is 7.32. The molecule has 0 radical (unpaired) electrons. The number of imide groups is 1. The number of fused-ring (bicyclic) bond motifs is 1. The fraction of sp³-hybridized carbons (Fsp3) is 0.235. The molecule has 7 heteroatoms. The van der Waals surface area contributed by atoms with Crippen LogP contribution in [0.25, 0.3) is 0 Å². The van der Waals surface area contributed by atoms with Gasteiger partial charge < -0.3 is 4.90 Å². The molecular formula is C17H15BrN2O3S. The number of halogens is 1. The summed E-state index contributed by atoms with van der Waals surface area (Å²) in [5.41, 5.74) is 1.64. The van der Waals surface area contributed by atoms with Gasteiger partial charge >= 0.3 is 0 Å². The molecule has 2 aromatic rings. The van der Waals surface area contributed by atoms with Crippen LogP contribution in [0.1, 0.15) is 31.2 Å². The Morgan fingerprint density at radius 2 is 1.88 bits per heavy atom. The molecule has 0 N–H and O–H groups in total. The number of aryl methyl sites for hydroxylation is 1. The molecule has 2 heterocycles. The van der Waals surface area contributed by atoms with Crippen LogP contribution in [0.4, 0.5) is 0 Å². The molecule has 0 aliphatic carbocycles. The Morgan fingerprint density at radius 1 is 1.17 bits per heavy atom. The highest BCUT2D eigenvalue weighted by atomic mass is 79.9. The normalized spacial score (nSPS) is 13.4. The van der Waals surface area contributed by atoms with Crippen LogP contribution < -0.4 is 0 Å². The van der Waals surface area contributed by atoms with Gasteiger partial charge in [0.25, 0.3) is 11.8 Å². The first kappa shape index (κ1) is 16.9. The van der Waals surface area contributed by atoms with Gasteiger partial charge in [-0.1, -0.05) is 11.6 Å². The summed E-state index contributed by atoms with van der Waals surface area (Å²) < 4.78 is 0.995.